The zero-order chi connectivity index (χ0) is 8.55. The largest absolute Gasteiger partial charge is 0.307 e. The Bertz CT molecular complexity index is 225. The van der Waals surface area contributed by atoms with Crippen LogP contribution in [-0.4, -0.2) is 12.6 Å². The average molecular weight is 163 g/mol. The number of piperidine rings is 1. The first kappa shape index (κ1) is 8.06. The molecule has 0 amide bonds. The van der Waals surface area contributed by atoms with Gasteiger partial charge in [-0.1, -0.05) is 32.1 Å². The molecule has 0 bridgehead atoms. The van der Waals surface area contributed by atoms with E-state index in [-0.39, 0.29) is 0 Å². The Labute approximate surface area is 74.5 Å². The van der Waals surface area contributed by atoms with E-state index in [2.05, 4.69) is 37.4 Å². The van der Waals surface area contributed by atoms with Crippen LogP contribution in [0.5, 0.6) is 0 Å². The highest BCUT2D eigenvalue weighted by atomic mass is 14.9. The lowest BCUT2D eigenvalue weighted by molar-refractivity contribution is 0.348. The first-order valence-corrected chi connectivity index (χ1v) is 4.90. The number of fused-ring (bicyclic) bond motifs is 1. The van der Waals surface area contributed by atoms with Crippen molar-refractivity contribution in [2.24, 2.45) is 11.8 Å². The van der Waals surface area contributed by atoms with E-state index in [1.807, 2.05) is 0 Å². The zero-order valence-electron chi connectivity index (χ0n) is 7.88. The lowest BCUT2D eigenvalue weighted by Crippen LogP contribution is -2.39. The molecule has 2 rings (SSSR count). The second kappa shape index (κ2) is 3.06. The van der Waals surface area contributed by atoms with Gasteiger partial charge in [0.1, 0.15) is 0 Å². The van der Waals surface area contributed by atoms with Gasteiger partial charge in [0.25, 0.3) is 0 Å². The first-order chi connectivity index (χ1) is 5.79. The molecule has 2 unspecified atom stereocenters. The second-order valence-electron chi connectivity index (χ2n) is 4.12. The van der Waals surface area contributed by atoms with E-state index < -0.39 is 0 Å². The summed E-state index contributed by atoms with van der Waals surface area (Å²) in [6.07, 6.45) is 8.06. The topological polar surface area (TPSA) is 12.0 Å². The van der Waals surface area contributed by atoms with Crippen molar-refractivity contribution < 1.29 is 0 Å². The molecule has 66 valence electrons. The van der Waals surface area contributed by atoms with Gasteiger partial charge in [0, 0.05) is 6.04 Å². The van der Waals surface area contributed by atoms with Crippen LogP contribution in [0.3, 0.4) is 0 Å². The highest BCUT2D eigenvalue weighted by Crippen LogP contribution is 2.32. The van der Waals surface area contributed by atoms with Gasteiger partial charge in [0.2, 0.25) is 0 Å². The van der Waals surface area contributed by atoms with Gasteiger partial charge >= 0.3 is 0 Å². The van der Waals surface area contributed by atoms with E-state index in [9.17, 15) is 0 Å². The Morgan fingerprint density at radius 1 is 1.50 bits per heavy atom. The van der Waals surface area contributed by atoms with Gasteiger partial charge in [0.15, 0.2) is 0 Å². The standard InChI is InChI=1S/C11H17N/c1-8(2)9-6-7-12-11-5-3-4-10(9)11/h3-5,8-9,11-12H,6-7H2,1-2H3. The second-order valence-corrected chi connectivity index (χ2v) is 4.12. The van der Waals surface area contributed by atoms with Crippen molar-refractivity contribution >= 4 is 0 Å². The predicted molar refractivity (Wildman–Crippen MR) is 52.0 cm³/mol. The van der Waals surface area contributed by atoms with Gasteiger partial charge in [-0.25, -0.2) is 0 Å². The minimum Gasteiger partial charge on any atom is -0.307 e. The van der Waals surface area contributed by atoms with Crippen molar-refractivity contribution in [2.45, 2.75) is 26.3 Å². The molecule has 1 heteroatoms. The zero-order valence-corrected chi connectivity index (χ0v) is 7.88. The van der Waals surface area contributed by atoms with Crippen molar-refractivity contribution in [1.29, 1.82) is 0 Å². The molecule has 12 heavy (non-hydrogen) atoms. The molecule has 1 nitrogen and oxygen atoms in total. The molecular weight excluding hydrogens is 146 g/mol. The van der Waals surface area contributed by atoms with E-state index in [0.717, 1.165) is 11.8 Å². The van der Waals surface area contributed by atoms with Crippen molar-refractivity contribution in [3.8, 4) is 0 Å². The summed E-state index contributed by atoms with van der Waals surface area (Å²) in [7, 11) is 0. The van der Waals surface area contributed by atoms with Crippen LogP contribution in [0.25, 0.3) is 0 Å². The number of hydrogen-bond acceptors (Lipinski definition) is 1. The molecule has 1 heterocycles. The number of nitrogens with one attached hydrogen (secondary N) is 1. The van der Waals surface area contributed by atoms with Crippen LogP contribution in [0.1, 0.15) is 20.3 Å². The van der Waals surface area contributed by atoms with Crippen LogP contribution in [0.2, 0.25) is 0 Å². The SMILES string of the molecule is CC(C)C1CCNC2C=CC=C21. The normalized spacial score (nSPS) is 33.8. The maximum absolute atomic E-state index is 3.51. The Hall–Kier alpha value is -0.560. The summed E-state index contributed by atoms with van der Waals surface area (Å²) in [4.78, 5) is 0. The van der Waals surface area contributed by atoms with Crippen LogP contribution < -0.4 is 5.32 Å². The van der Waals surface area contributed by atoms with E-state index in [4.69, 9.17) is 0 Å². The van der Waals surface area contributed by atoms with E-state index in [0.29, 0.717) is 6.04 Å². The third-order valence-corrected chi connectivity index (χ3v) is 3.00. The average Bonchev–Trinajstić information content (AvgIpc) is 2.49. The Balaban J connectivity index is 2.16. The predicted octanol–water partition coefficient (Wildman–Crippen LogP) is 2.12. The van der Waals surface area contributed by atoms with Crippen LogP contribution >= 0.6 is 0 Å². The highest BCUT2D eigenvalue weighted by Gasteiger charge is 2.28. The molecule has 1 fully saturated rings. The Morgan fingerprint density at radius 3 is 3.08 bits per heavy atom. The summed E-state index contributed by atoms with van der Waals surface area (Å²) >= 11 is 0. The molecule has 0 aromatic heterocycles. The van der Waals surface area contributed by atoms with Gasteiger partial charge in [-0.05, 0) is 30.4 Å². The van der Waals surface area contributed by atoms with E-state index in [1.165, 1.54) is 13.0 Å². The summed E-state index contributed by atoms with van der Waals surface area (Å²) in [5, 5.41) is 3.51. The fourth-order valence-electron chi connectivity index (χ4n) is 2.31. The number of rotatable bonds is 1. The molecule has 2 aliphatic rings. The summed E-state index contributed by atoms with van der Waals surface area (Å²) in [5.74, 6) is 1.60. The monoisotopic (exact) mass is 163 g/mol. The number of allylic oxidation sites excluding steroid dienone is 2. The fourth-order valence-corrected chi connectivity index (χ4v) is 2.31. The van der Waals surface area contributed by atoms with Crippen LogP contribution in [0.4, 0.5) is 0 Å². The van der Waals surface area contributed by atoms with Gasteiger partial charge in [-0.3, -0.25) is 0 Å². The van der Waals surface area contributed by atoms with Gasteiger partial charge in [-0.2, -0.15) is 0 Å². The van der Waals surface area contributed by atoms with Crippen molar-refractivity contribution in [2.75, 3.05) is 6.54 Å². The van der Waals surface area contributed by atoms with Crippen LogP contribution in [-0.2, 0) is 0 Å². The van der Waals surface area contributed by atoms with Crippen LogP contribution in [0.15, 0.2) is 23.8 Å². The van der Waals surface area contributed by atoms with Gasteiger partial charge in [-0.15, -0.1) is 0 Å². The summed E-state index contributed by atoms with van der Waals surface area (Å²) < 4.78 is 0. The molecule has 2 atom stereocenters. The Kier molecular flexibility index (Phi) is 2.05. The molecule has 0 spiro atoms. The molecule has 0 aromatic rings. The minimum atomic E-state index is 0.561. The van der Waals surface area contributed by atoms with Crippen LogP contribution in [0, 0.1) is 11.8 Å². The van der Waals surface area contributed by atoms with Gasteiger partial charge in [0.05, 0.1) is 0 Å². The third kappa shape index (κ3) is 1.22. The molecule has 1 aliphatic heterocycles. The Morgan fingerprint density at radius 2 is 2.33 bits per heavy atom. The lowest BCUT2D eigenvalue weighted by Gasteiger charge is -2.32. The quantitative estimate of drug-likeness (QED) is 0.624. The van der Waals surface area contributed by atoms with Crippen molar-refractivity contribution in [1.82, 2.24) is 5.32 Å². The maximum atomic E-state index is 3.51. The highest BCUT2D eigenvalue weighted by molar-refractivity contribution is 5.34. The molecule has 0 aromatic carbocycles. The molecule has 1 aliphatic carbocycles. The minimum absolute atomic E-state index is 0.561. The van der Waals surface area contributed by atoms with E-state index in [1.54, 1.807) is 5.57 Å². The van der Waals surface area contributed by atoms with E-state index >= 15 is 0 Å². The first-order valence-electron chi connectivity index (χ1n) is 4.90. The summed E-state index contributed by atoms with van der Waals surface area (Å²) in [6.45, 7) is 5.83. The maximum Gasteiger partial charge on any atom is 0.0474 e. The van der Waals surface area contributed by atoms with Crippen molar-refractivity contribution in [3.63, 3.8) is 0 Å². The smallest absolute Gasteiger partial charge is 0.0474 e. The van der Waals surface area contributed by atoms with Crippen molar-refractivity contribution in [3.05, 3.63) is 23.8 Å². The molecule has 1 N–H and O–H groups in total. The summed E-state index contributed by atoms with van der Waals surface area (Å²) in [5.41, 5.74) is 1.61. The third-order valence-electron chi connectivity index (χ3n) is 3.00. The molecule has 1 saturated heterocycles. The van der Waals surface area contributed by atoms with Gasteiger partial charge < -0.3 is 5.32 Å². The number of hydrogen-bond donors (Lipinski definition) is 1. The molecular formula is C11H17N. The molecule has 0 saturated carbocycles. The lowest BCUT2D eigenvalue weighted by atomic mass is 9.81. The fraction of sp³-hybridized carbons (Fsp3) is 0.636. The molecule has 0 radical (unpaired) electrons. The summed E-state index contributed by atoms with van der Waals surface area (Å²) in [6, 6.07) is 0.561.